The highest BCUT2D eigenvalue weighted by molar-refractivity contribution is 5.16. The van der Waals surface area contributed by atoms with Gasteiger partial charge in [-0.05, 0) is 47.6 Å². The summed E-state index contributed by atoms with van der Waals surface area (Å²) >= 11 is 0. The van der Waals surface area contributed by atoms with Gasteiger partial charge in [0, 0.05) is 0 Å². The van der Waals surface area contributed by atoms with E-state index in [2.05, 4.69) is 116 Å². The first-order chi connectivity index (χ1) is 13.5. The van der Waals surface area contributed by atoms with Crippen LogP contribution in [0, 0.1) is 16.7 Å². The van der Waals surface area contributed by atoms with Crippen molar-refractivity contribution in [2.45, 2.75) is 81.1 Å². The number of rotatable bonds is 2. The minimum atomic E-state index is 0.404. The lowest BCUT2D eigenvalue weighted by atomic mass is 9.88. The van der Waals surface area contributed by atoms with Gasteiger partial charge in [0.05, 0.1) is 0 Å². The van der Waals surface area contributed by atoms with E-state index in [9.17, 15) is 0 Å². The molecule has 0 aliphatic heterocycles. The van der Waals surface area contributed by atoms with Crippen LogP contribution in [-0.4, -0.2) is 0 Å². The second-order valence-electron chi connectivity index (χ2n) is 10.5. The highest BCUT2D eigenvalue weighted by atomic mass is 14.2. The minimum absolute atomic E-state index is 0.404. The molecule has 29 heavy (non-hydrogen) atoms. The molecule has 162 valence electrons. The van der Waals surface area contributed by atoms with E-state index >= 15 is 0 Å². The van der Waals surface area contributed by atoms with Crippen molar-refractivity contribution in [3.05, 3.63) is 84.4 Å². The van der Waals surface area contributed by atoms with E-state index in [4.69, 9.17) is 0 Å². The zero-order valence-corrected chi connectivity index (χ0v) is 20.5. The lowest BCUT2D eigenvalue weighted by molar-refractivity contribution is 0.411. The van der Waals surface area contributed by atoms with Crippen molar-refractivity contribution in [2.24, 2.45) is 16.7 Å². The predicted molar refractivity (Wildman–Crippen MR) is 133 cm³/mol. The molecule has 3 rings (SSSR count). The van der Waals surface area contributed by atoms with Crippen LogP contribution in [0.3, 0.4) is 0 Å². The molecule has 0 heteroatoms. The standard InChI is InChI=1S/2C11H16.C4H8.C3H6/c2*1-11(2,3)9-10-7-5-4-6-8-10;1-4-2-3-4;1-3-2/h2*4-8H,9H2,1-3H3;4H,2-3H2,1H3;3H,1H2,2H3. The molecular formula is C29H46. The Hall–Kier alpha value is -1.82. The fourth-order valence-corrected chi connectivity index (χ4v) is 2.58. The molecule has 1 aliphatic carbocycles. The molecule has 0 amide bonds. The Morgan fingerprint density at radius 3 is 1.14 bits per heavy atom. The molecule has 0 N–H and O–H groups in total. The second-order valence-corrected chi connectivity index (χ2v) is 10.5. The summed E-state index contributed by atoms with van der Waals surface area (Å²) in [5.74, 6) is 1.08. The average Bonchev–Trinajstić information content (AvgIpc) is 3.38. The Kier molecular flexibility index (Phi) is 13.3. The lowest BCUT2D eigenvalue weighted by Crippen LogP contribution is -2.08. The molecule has 0 bridgehead atoms. The first-order valence-electron chi connectivity index (χ1n) is 11.1. The van der Waals surface area contributed by atoms with Gasteiger partial charge in [0.1, 0.15) is 0 Å². The summed E-state index contributed by atoms with van der Waals surface area (Å²) in [5.41, 5.74) is 3.67. The number of hydrogen-bond acceptors (Lipinski definition) is 0. The van der Waals surface area contributed by atoms with E-state index in [1.54, 1.807) is 6.08 Å². The van der Waals surface area contributed by atoms with Crippen molar-refractivity contribution in [3.8, 4) is 0 Å². The number of benzene rings is 2. The van der Waals surface area contributed by atoms with Crippen molar-refractivity contribution < 1.29 is 0 Å². The monoisotopic (exact) mass is 394 g/mol. The summed E-state index contributed by atoms with van der Waals surface area (Å²) in [5, 5.41) is 0. The number of hydrogen-bond donors (Lipinski definition) is 0. The Balaban J connectivity index is 0.000000409. The SMILES string of the molecule is C=CC.CC(C)(C)Cc1ccccc1.CC(C)(C)Cc1ccccc1.CC1CC1. The van der Waals surface area contributed by atoms with Crippen LogP contribution in [0.5, 0.6) is 0 Å². The van der Waals surface area contributed by atoms with E-state index in [0.717, 1.165) is 18.8 Å². The fraction of sp³-hybridized carbons (Fsp3) is 0.517. The number of allylic oxidation sites excluding steroid dienone is 1. The maximum atomic E-state index is 3.36. The Labute approximate surface area is 182 Å². The zero-order valence-electron chi connectivity index (χ0n) is 20.5. The van der Waals surface area contributed by atoms with Crippen LogP contribution in [0.1, 0.15) is 79.4 Å². The first kappa shape index (κ1) is 27.2. The highest BCUT2D eigenvalue weighted by Crippen LogP contribution is 2.26. The van der Waals surface area contributed by atoms with Gasteiger partial charge in [-0.15, -0.1) is 6.58 Å². The third-order valence-electron chi connectivity index (χ3n) is 4.02. The van der Waals surface area contributed by atoms with Crippen molar-refractivity contribution in [3.63, 3.8) is 0 Å². The second kappa shape index (κ2) is 14.2. The lowest BCUT2D eigenvalue weighted by Gasteiger charge is -2.17. The molecule has 0 spiro atoms. The summed E-state index contributed by atoms with van der Waals surface area (Å²) in [7, 11) is 0. The summed E-state index contributed by atoms with van der Waals surface area (Å²) in [6.45, 7) is 21.1. The molecule has 1 saturated carbocycles. The van der Waals surface area contributed by atoms with Crippen LogP contribution in [0.4, 0.5) is 0 Å². The molecule has 0 radical (unpaired) electrons. The van der Waals surface area contributed by atoms with Crippen LogP contribution >= 0.6 is 0 Å². The van der Waals surface area contributed by atoms with Crippen LogP contribution < -0.4 is 0 Å². The minimum Gasteiger partial charge on any atom is -0.103 e. The topological polar surface area (TPSA) is 0 Å². The summed E-state index contributed by atoms with van der Waals surface area (Å²) in [6.07, 6.45) is 7.04. The smallest absolute Gasteiger partial charge is 0.0230 e. The van der Waals surface area contributed by atoms with Crippen molar-refractivity contribution >= 4 is 0 Å². The highest BCUT2D eigenvalue weighted by Gasteiger charge is 2.12. The van der Waals surface area contributed by atoms with E-state index in [0.29, 0.717) is 10.8 Å². The maximum absolute atomic E-state index is 3.36. The van der Waals surface area contributed by atoms with Gasteiger partial charge in [-0.1, -0.05) is 128 Å². The van der Waals surface area contributed by atoms with Gasteiger partial charge in [-0.3, -0.25) is 0 Å². The molecule has 2 aromatic carbocycles. The molecule has 0 unspecified atom stereocenters. The van der Waals surface area contributed by atoms with Gasteiger partial charge in [0.2, 0.25) is 0 Å². The molecule has 0 saturated heterocycles. The van der Waals surface area contributed by atoms with Crippen LogP contribution in [-0.2, 0) is 12.8 Å². The average molecular weight is 395 g/mol. The molecule has 0 nitrogen and oxygen atoms in total. The van der Waals surface area contributed by atoms with Gasteiger partial charge < -0.3 is 0 Å². The van der Waals surface area contributed by atoms with Crippen molar-refractivity contribution in [2.75, 3.05) is 0 Å². The zero-order chi connectivity index (χ0) is 22.3. The van der Waals surface area contributed by atoms with E-state index in [-0.39, 0.29) is 0 Å². The Morgan fingerprint density at radius 2 is 0.966 bits per heavy atom. The molecule has 0 atom stereocenters. The van der Waals surface area contributed by atoms with Gasteiger partial charge in [-0.2, -0.15) is 0 Å². The van der Waals surface area contributed by atoms with E-state index in [1.807, 2.05) is 6.92 Å². The summed E-state index contributed by atoms with van der Waals surface area (Å²) < 4.78 is 0. The molecular weight excluding hydrogens is 348 g/mol. The molecule has 0 aromatic heterocycles. The molecule has 0 heterocycles. The maximum Gasteiger partial charge on any atom is -0.0230 e. The van der Waals surface area contributed by atoms with E-state index in [1.165, 1.54) is 24.0 Å². The molecule has 1 aliphatic rings. The predicted octanol–water partition coefficient (Wildman–Crippen LogP) is 9.16. The summed E-state index contributed by atoms with van der Waals surface area (Å²) in [6, 6.07) is 21.3. The Bertz CT molecular complexity index is 568. The van der Waals surface area contributed by atoms with Crippen LogP contribution in [0.15, 0.2) is 73.3 Å². The Morgan fingerprint density at radius 1 is 0.724 bits per heavy atom. The fourth-order valence-electron chi connectivity index (χ4n) is 2.58. The largest absolute Gasteiger partial charge is 0.103 e. The quantitative estimate of drug-likeness (QED) is 0.445. The van der Waals surface area contributed by atoms with Crippen LogP contribution in [0.25, 0.3) is 0 Å². The van der Waals surface area contributed by atoms with Gasteiger partial charge >= 0.3 is 0 Å². The van der Waals surface area contributed by atoms with E-state index < -0.39 is 0 Å². The third kappa shape index (κ3) is 20.7. The van der Waals surface area contributed by atoms with Gasteiger partial charge in [0.15, 0.2) is 0 Å². The van der Waals surface area contributed by atoms with Gasteiger partial charge in [-0.25, -0.2) is 0 Å². The van der Waals surface area contributed by atoms with Crippen molar-refractivity contribution in [1.82, 2.24) is 0 Å². The van der Waals surface area contributed by atoms with Gasteiger partial charge in [0.25, 0.3) is 0 Å². The first-order valence-corrected chi connectivity index (χ1v) is 11.1. The molecule has 1 fully saturated rings. The molecule has 2 aromatic rings. The van der Waals surface area contributed by atoms with Crippen LogP contribution in [0.2, 0.25) is 0 Å². The summed E-state index contributed by atoms with van der Waals surface area (Å²) in [4.78, 5) is 0. The normalized spacial score (nSPS) is 12.8. The third-order valence-corrected chi connectivity index (χ3v) is 4.02. The van der Waals surface area contributed by atoms with Crippen molar-refractivity contribution in [1.29, 1.82) is 0 Å².